The summed E-state index contributed by atoms with van der Waals surface area (Å²) in [6.07, 6.45) is 3.01. The van der Waals surface area contributed by atoms with Gasteiger partial charge in [0.05, 0.1) is 0 Å². The molecule has 7 heteroatoms. The van der Waals surface area contributed by atoms with Crippen LogP contribution in [-0.4, -0.2) is 35.0 Å². The number of unbranched alkanes of at least 4 members (excludes halogenated alkanes) is 1. The number of carbonyl (C=O) groups is 3. The van der Waals surface area contributed by atoms with Crippen LogP contribution >= 0.6 is 0 Å². The highest BCUT2D eigenvalue weighted by Gasteiger charge is 2.26. The zero-order valence-corrected chi connectivity index (χ0v) is 14.1. The Labute approximate surface area is 146 Å². The van der Waals surface area contributed by atoms with Gasteiger partial charge in [-0.3, -0.25) is 9.59 Å². The highest BCUT2D eigenvalue weighted by atomic mass is 19.1. The van der Waals surface area contributed by atoms with Crippen molar-refractivity contribution in [1.29, 1.82) is 0 Å². The van der Waals surface area contributed by atoms with E-state index in [-0.39, 0.29) is 18.4 Å². The van der Waals surface area contributed by atoms with Gasteiger partial charge in [-0.2, -0.15) is 0 Å². The number of nitrogens with one attached hydrogen (secondary N) is 2. The molecule has 0 saturated heterocycles. The van der Waals surface area contributed by atoms with Crippen LogP contribution in [0.3, 0.4) is 0 Å². The molecule has 0 aromatic heterocycles. The second-order valence-electron chi connectivity index (χ2n) is 5.67. The molecule has 0 spiro atoms. The topological polar surface area (TPSA) is 95.5 Å². The third-order valence-electron chi connectivity index (χ3n) is 3.59. The zero-order chi connectivity index (χ0) is 18.8. The van der Waals surface area contributed by atoms with E-state index in [1.165, 1.54) is 25.1 Å². The average molecular weight is 350 g/mol. The van der Waals surface area contributed by atoms with Gasteiger partial charge in [-0.05, 0) is 30.9 Å². The number of halogens is 1. The molecule has 0 aliphatic carbocycles. The van der Waals surface area contributed by atoms with E-state index in [1.54, 1.807) is 12.1 Å². The number of hydrogen-bond acceptors (Lipinski definition) is 3. The van der Waals surface area contributed by atoms with Gasteiger partial charge in [-0.15, -0.1) is 6.58 Å². The predicted molar refractivity (Wildman–Crippen MR) is 91.3 cm³/mol. The molecule has 2 amide bonds. The van der Waals surface area contributed by atoms with Crippen molar-refractivity contribution in [2.24, 2.45) is 0 Å². The Balaban J connectivity index is 2.84. The summed E-state index contributed by atoms with van der Waals surface area (Å²) in [5.74, 6) is -2.78. The number of carboxylic acids is 1. The summed E-state index contributed by atoms with van der Waals surface area (Å²) < 4.78 is 13.8. The van der Waals surface area contributed by atoms with Crippen molar-refractivity contribution in [3.05, 3.63) is 48.3 Å². The first-order chi connectivity index (χ1) is 11.8. The van der Waals surface area contributed by atoms with Crippen molar-refractivity contribution in [2.45, 2.75) is 44.7 Å². The minimum Gasteiger partial charge on any atom is -0.480 e. The van der Waals surface area contributed by atoms with Gasteiger partial charge in [-0.1, -0.05) is 24.3 Å². The van der Waals surface area contributed by atoms with Gasteiger partial charge in [0.1, 0.15) is 17.9 Å². The minimum absolute atomic E-state index is 0.0723. The smallest absolute Gasteiger partial charge is 0.326 e. The number of amides is 2. The van der Waals surface area contributed by atoms with E-state index in [0.717, 1.165) is 0 Å². The van der Waals surface area contributed by atoms with Crippen LogP contribution in [0.2, 0.25) is 0 Å². The van der Waals surface area contributed by atoms with Crippen LogP contribution in [0.4, 0.5) is 4.39 Å². The van der Waals surface area contributed by atoms with Gasteiger partial charge < -0.3 is 15.7 Å². The minimum atomic E-state index is -1.16. The Bertz CT molecular complexity index is 633. The summed E-state index contributed by atoms with van der Waals surface area (Å²) in [5, 5.41) is 14.1. The molecule has 0 unspecified atom stereocenters. The Kier molecular flexibility index (Phi) is 8.32. The molecule has 136 valence electrons. The zero-order valence-electron chi connectivity index (χ0n) is 14.1. The first kappa shape index (κ1) is 20.3. The maximum Gasteiger partial charge on any atom is 0.326 e. The van der Waals surface area contributed by atoms with Crippen molar-refractivity contribution in [1.82, 2.24) is 10.6 Å². The molecule has 0 aliphatic heterocycles. The molecule has 1 rings (SSSR count). The van der Waals surface area contributed by atoms with E-state index in [2.05, 4.69) is 17.2 Å². The number of allylic oxidation sites excluding steroid dienone is 1. The van der Waals surface area contributed by atoms with Gasteiger partial charge in [0, 0.05) is 13.3 Å². The molecule has 3 N–H and O–H groups in total. The van der Waals surface area contributed by atoms with Crippen molar-refractivity contribution in [2.75, 3.05) is 0 Å². The number of carboxylic acid groups (broad SMARTS) is 1. The van der Waals surface area contributed by atoms with Crippen molar-refractivity contribution < 1.29 is 23.9 Å². The predicted octanol–water partition coefficient (Wildman–Crippen LogP) is 1.80. The SMILES string of the molecule is C=CCCC[C@H](NC(=O)[C@@H](Cc1ccccc1F)NC(C)=O)C(=O)O. The molecule has 0 heterocycles. The number of aliphatic carboxylic acids is 1. The fourth-order valence-electron chi connectivity index (χ4n) is 2.33. The van der Waals surface area contributed by atoms with Gasteiger partial charge in [0.25, 0.3) is 0 Å². The lowest BCUT2D eigenvalue weighted by Gasteiger charge is -2.21. The highest BCUT2D eigenvalue weighted by molar-refractivity contribution is 5.90. The number of rotatable bonds is 10. The normalized spacial score (nSPS) is 12.7. The Morgan fingerprint density at radius 3 is 2.48 bits per heavy atom. The van der Waals surface area contributed by atoms with Crippen molar-refractivity contribution >= 4 is 17.8 Å². The van der Waals surface area contributed by atoms with Crippen LogP contribution in [0.5, 0.6) is 0 Å². The summed E-state index contributed by atoms with van der Waals surface area (Å²) in [6, 6.07) is 3.77. The summed E-state index contributed by atoms with van der Waals surface area (Å²) >= 11 is 0. The number of carbonyl (C=O) groups excluding carboxylic acids is 2. The van der Waals surface area contributed by atoms with E-state index in [4.69, 9.17) is 0 Å². The van der Waals surface area contributed by atoms with Gasteiger partial charge in [0.2, 0.25) is 11.8 Å². The lowest BCUT2D eigenvalue weighted by molar-refractivity contribution is -0.142. The van der Waals surface area contributed by atoms with Crippen LogP contribution in [0, 0.1) is 5.82 Å². The first-order valence-corrected chi connectivity index (χ1v) is 7.99. The molecule has 2 atom stereocenters. The van der Waals surface area contributed by atoms with Gasteiger partial charge in [0.15, 0.2) is 0 Å². The summed E-state index contributed by atoms with van der Waals surface area (Å²) in [6.45, 7) is 4.80. The lowest BCUT2D eigenvalue weighted by Crippen LogP contribution is -2.52. The molecule has 0 aliphatic rings. The molecular formula is C18H23FN2O4. The van der Waals surface area contributed by atoms with Crippen LogP contribution in [0.25, 0.3) is 0 Å². The average Bonchev–Trinajstić information content (AvgIpc) is 2.54. The van der Waals surface area contributed by atoms with Crippen LogP contribution < -0.4 is 10.6 Å². The fourth-order valence-corrected chi connectivity index (χ4v) is 2.33. The van der Waals surface area contributed by atoms with E-state index >= 15 is 0 Å². The van der Waals surface area contributed by atoms with E-state index in [9.17, 15) is 23.9 Å². The number of benzene rings is 1. The van der Waals surface area contributed by atoms with E-state index < -0.39 is 35.7 Å². The standard InChI is InChI=1S/C18H23FN2O4/c1-3-4-5-10-15(18(24)25)21-17(23)16(20-12(2)22)11-13-8-6-7-9-14(13)19/h3,6-9,15-16H,1,4-5,10-11H2,2H3,(H,20,22)(H,21,23)(H,24,25)/t15-,16+/m0/s1. The molecule has 6 nitrogen and oxygen atoms in total. The second kappa shape index (κ2) is 10.2. The molecule has 1 aromatic carbocycles. The van der Waals surface area contributed by atoms with Crippen molar-refractivity contribution in [3.63, 3.8) is 0 Å². The van der Waals surface area contributed by atoms with Crippen LogP contribution in [0.15, 0.2) is 36.9 Å². The quantitative estimate of drug-likeness (QED) is 0.443. The second-order valence-corrected chi connectivity index (χ2v) is 5.67. The van der Waals surface area contributed by atoms with Crippen molar-refractivity contribution in [3.8, 4) is 0 Å². The Morgan fingerprint density at radius 2 is 1.92 bits per heavy atom. The number of hydrogen-bond donors (Lipinski definition) is 3. The molecular weight excluding hydrogens is 327 g/mol. The largest absolute Gasteiger partial charge is 0.480 e. The third-order valence-corrected chi connectivity index (χ3v) is 3.59. The summed E-state index contributed by atoms with van der Waals surface area (Å²) in [4.78, 5) is 35.1. The van der Waals surface area contributed by atoms with Gasteiger partial charge in [-0.25, -0.2) is 9.18 Å². The Hall–Kier alpha value is -2.70. The third kappa shape index (κ3) is 7.15. The van der Waals surface area contributed by atoms with Crippen LogP contribution in [-0.2, 0) is 20.8 Å². The molecule has 0 radical (unpaired) electrons. The maximum atomic E-state index is 13.8. The molecule has 0 bridgehead atoms. The van der Waals surface area contributed by atoms with Crippen LogP contribution in [0.1, 0.15) is 31.7 Å². The summed E-state index contributed by atoms with van der Waals surface area (Å²) in [5.41, 5.74) is 0.259. The molecule has 25 heavy (non-hydrogen) atoms. The molecule has 1 aromatic rings. The van der Waals surface area contributed by atoms with E-state index in [1.807, 2.05) is 0 Å². The Morgan fingerprint density at radius 1 is 1.24 bits per heavy atom. The lowest BCUT2D eigenvalue weighted by atomic mass is 10.0. The highest BCUT2D eigenvalue weighted by Crippen LogP contribution is 2.10. The maximum absolute atomic E-state index is 13.8. The molecule has 0 fully saturated rings. The summed E-state index contributed by atoms with van der Waals surface area (Å²) in [7, 11) is 0. The molecule has 0 saturated carbocycles. The van der Waals surface area contributed by atoms with Gasteiger partial charge >= 0.3 is 5.97 Å². The monoisotopic (exact) mass is 350 g/mol. The van der Waals surface area contributed by atoms with E-state index in [0.29, 0.717) is 12.8 Å². The first-order valence-electron chi connectivity index (χ1n) is 7.99. The fraction of sp³-hybridized carbons (Fsp3) is 0.389.